The van der Waals surface area contributed by atoms with E-state index in [0.717, 1.165) is 31.0 Å². The standard InChI is InChI=1S/C14H27N3/c1-5-16-9-15-17(10-16)14-8-12(4)6-7-13(14)11(2)3/h9,11-14H,5-8,10H2,1-4H3/t12-,13+,14?/m1/s1. The molecule has 1 aliphatic heterocycles. The van der Waals surface area contributed by atoms with Crippen LogP contribution in [-0.2, 0) is 0 Å². The van der Waals surface area contributed by atoms with Gasteiger partial charge in [0.1, 0.15) is 13.0 Å². The molecule has 0 amide bonds. The molecule has 0 saturated heterocycles. The zero-order chi connectivity index (χ0) is 12.4. The third-order valence-corrected chi connectivity index (χ3v) is 4.47. The maximum atomic E-state index is 4.61. The predicted octanol–water partition coefficient (Wildman–Crippen LogP) is 2.99. The van der Waals surface area contributed by atoms with Crippen molar-refractivity contribution in [2.45, 2.75) is 53.0 Å². The molecular weight excluding hydrogens is 210 g/mol. The zero-order valence-electron chi connectivity index (χ0n) is 11.8. The van der Waals surface area contributed by atoms with Crippen LogP contribution in [0.2, 0.25) is 0 Å². The van der Waals surface area contributed by atoms with E-state index in [1.165, 1.54) is 19.3 Å². The van der Waals surface area contributed by atoms with E-state index in [4.69, 9.17) is 0 Å². The highest BCUT2D eigenvalue weighted by atomic mass is 15.6. The Balaban J connectivity index is 2.03. The Morgan fingerprint density at radius 3 is 2.71 bits per heavy atom. The van der Waals surface area contributed by atoms with E-state index < -0.39 is 0 Å². The fourth-order valence-electron chi connectivity index (χ4n) is 3.27. The molecule has 3 heteroatoms. The van der Waals surface area contributed by atoms with Crippen molar-refractivity contribution in [2.24, 2.45) is 22.9 Å². The van der Waals surface area contributed by atoms with Gasteiger partial charge in [-0.3, -0.25) is 5.01 Å². The molecular formula is C14H27N3. The van der Waals surface area contributed by atoms with Crippen molar-refractivity contribution < 1.29 is 0 Å². The minimum atomic E-state index is 0.659. The topological polar surface area (TPSA) is 18.8 Å². The molecule has 98 valence electrons. The van der Waals surface area contributed by atoms with Crippen molar-refractivity contribution >= 4 is 6.34 Å². The van der Waals surface area contributed by atoms with Crippen LogP contribution in [0, 0.1) is 17.8 Å². The van der Waals surface area contributed by atoms with Crippen LogP contribution in [0.4, 0.5) is 0 Å². The van der Waals surface area contributed by atoms with Gasteiger partial charge in [-0.15, -0.1) is 0 Å². The van der Waals surface area contributed by atoms with Crippen LogP contribution in [0.25, 0.3) is 0 Å². The summed E-state index contributed by atoms with van der Waals surface area (Å²) in [5, 5.41) is 6.95. The second kappa shape index (κ2) is 5.28. The first-order chi connectivity index (χ1) is 8.11. The Morgan fingerprint density at radius 1 is 1.35 bits per heavy atom. The average molecular weight is 237 g/mol. The fraction of sp³-hybridized carbons (Fsp3) is 0.929. The maximum absolute atomic E-state index is 4.61. The molecule has 3 nitrogen and oxygen atoms in total. The molecule has 1 unspecified atom stereocenters. The van der Waals surface area contributed by atoms with E-state index in [2.05, 4.69) is 42.7 Å². The van der Waals surface area contributed by atoms with Crippen molar-refractivity contribution in [1.82, 2.24) is 9.91 Å². The number of rotatable bonds is 3. The van der Waals surface area contributed by atoms with E-state index in [-0.39, 0.29) is 0 Å². The number of hydrogen-bond acceptors (Lipinski definition) is 3. The Kier molecular flexibility index (Phi) is 3.95. The Morgan fingerprint density at radius 2 is 2.12 bits per heavy atom. The van der Waals surface area contributed by atoms with Gasteiger partial charge in [0.15, 0.2) is 0 Å². The fourth-order valence-corrected chi connectivity index (χ4v) is 3.27. The highest BCUT2D eigenvalue weighted by molar-refractivity contribution is 5.56. The van der Waals surface area contributed by atoms with Crippen LogP contribution in [0.15, 0.2) is 5.10 Å². The van der Waals surface area contributed by atoms with Crippen molar-refractivity contribution in [3.8, 4) is 0 Å². The third-order valence-electron chi connectivity index (χ3n) is 4.47. The van der Waals surface area contributed by atoms with E-state index >= 15 is 0 Å². The van der Waals surface area contributed by atoms with Crippen LogP contribution in [0.5, 0.6) is 0 Å². The number of hydrogen-bond donors (Lipinski definition) is 0. The van der Waals surface area contributed by atoms with Gasteiger partial charge in [-0.25, -0.2) is 0 Å². The molecule has 1 saturated carbocycles. The molecule has 0 bridgehead atoms. The molecule has 0 N–H and O–H groups in total. The summed E-state index contributed by atoms with van der Waals surface area (Å²) < 4.78 is 0. The summed E-state index contributed by atoms with van der Waals surface area (Å²) in [4.78, 5) is 2.29. The summed E-state index contributed by atoms with van der Waals surface area (Å²) in [5.74, 6) is 2.46. The van der Waals surface area contributed by atoms with Crippen LogP contribution in [0.3, 0.4) is 0 Å². The number of nitrogens with zero attached hydrogens (tertiary/aromatic N) is 3. The first kappa shape index (κ1) is 12.7. The second-order valence-electron chi connectivity index (χ2n) is 6.11. The summed E-state index contributed by atoms with van der Waals surface area (Å²) in [7, 11) is 0. The van der Waals surface area contributed by atoms with Crippen LogP contribution in [0.1, 0.15) is 47.0 Å². The molecule has 0 aromatic heterocycles. The van der Waals surface area contributed by atoms with E-state index in [1.807, 2.05) is 6.34 Å². The van der Waals surface area contributed by atoms with Crippen LogP contribution < -0.4 is 0 Å². The largest absolute Gasteiger partial charge is 0.342 e. The molecule has 2 aliphatic rings. The second-order valence-corrected chi connectivity index (χ2v) is 6.11. The molecule has 1 heterocycles. The lowest BCUT2D eigenvalue weighted by Crippen LogP contribution is -2.44. The minimum Gasteiger partial charge on any atom is -0.342 e. The normalized spacial score (nSPS) is 33.8. The Labute approximate surface area is 106 Å². The molecule has 1 fully saturated rings. The van der Waals surface area contributed by atoms with Crippen molar-refractivity contribution in [3.63, 3.8) is 0 Å². The van der Waals surface area contributed by atoms with E-state index in [1.54, 1.807) is 0 Å². The smallest absolute Gasteiger partial charge is 0.113 e. The quantitative estimate of drug-likeness (QED) is 0.751. The molecule has 0 spiro atoms. The molecule has 0 radical (unpaired) electrons. The molecule has 17 heavy (non-hydrogen) atoms. The van der Waals surface area contributed by atoms with Crippen molar-refractivity contribution in [2.75, 3.05) is 13.2 Å². The molecule has 2 rings (SSSR count). The monoisotopic (exact) mass is 237 g/mol. The summed E-state index contributed by atoms with van der Waals surface area (Å²) in [6.45, 7) is 11.4. The highest BCUT2D eigenvalue weighted by Gasteiger charge is 2.35. The lowest BCUT2D eigenvalue weighted by molar-refractivity contribution is 0.0522. The lowest BCUT2D eigenvalue weighted by atomic mass is 9.74. The summed E-state index contributed by atoms with van der Waals surface area (Å²) in [6, 6.07) is 0.659. The molecule has 0 aromatic carbocycles. The first-order valence-corrected chi connectivity index (χ1v) is 7.16. The summed E-state index contributed by atoms with van der Waals surface area (Å²) in [6.07, 6.45) is 6.10. The minimum absolute atomic E-state index is 0.659. The van der Waals surface area contributed by atoms with Gasteiger partial charge < -0.3 is 4.90 Å². The number of hydrazone groups is 1. The van der Waals surface area contributed by atoms with Crippen molar-refractivity contribution in [1.29, 1.82) is 0 Å². The van der Waals surface area contributed by atoms with E-state index in [9.17, 15) is 0 Å². The maximum Gasteiger partial charge on any atom is 0.113 e. The Bertz CT molecular complexity index is 275. The van der Waals surface area contributed by atoms with Gasteiger partial charge in [-0.1, -0.05) is 27.2 Å². The first-order valence-electron chi connectivity index (χ1n) is 7.16. The Hall–Kier alpha value is -0.730. The van der Waals surface area contributed by atoms with Crippen molar-refractivity contribution in [3.05, 3.63) is 0 Å². The van der Waals surface area contributed by atoms with Crippen LogP contribution in [-0.4, -0.2) is 35.5 Å². The average Bonchev–Trinajstić information content (AvgIpc) is 2.76. The van der Waals surface area contributed by atoms with Gasteiger partial charge in [0.25, 0.3) is 0 Å². The zero-order valence-corrected chi connectivity index (χ0v) is 11.8. The molecule has 3 atom stereocenters. The third kappa shape index (κ3) is 2.75. The molecule has 1 aliphatic carbocycles. The van der Waals surface area contributed by atoms with Crippen LogP contribution >= 0.6 is 0 Å². The predicted molar refractivity (Wildman–Crippen MR) is 72.7 cm³/mol. The molecule has 0 aromatic rings. The van der Waals surface area contributed by atoms with Gasteiger partial charge in [-0.2, -0.15) is 5.10 Å². The van der Waals surface area contributed by atoms with E-state index in [0.29, 0.717) is 6.04 Å². The van der Waals surface area contributed by atoms with Gasteiger partial charge in [0.2, 0.25) is 0 Å². The lowest BCUT2D eigenvalue weighted by Gasteiger charge is -2.41. The van der Waals surface area contributed by atoms with Gasteiger partial charge in [-0.05, 0) is 37.5 Å². The van der Waals surface area contributed by atoms with Gasteiger partial charge in [0.05, 0.1) is 6.04 Å². The van der Waals surface area contributed by atoms with Gasteiger partial charge in [0, 0.05) is 6.54 Å². The summed E-state index contributed by atoms with van der Waals surface area (Å²) >= 11 is 0. The SMILES string of the molecule is CCN1C=NN(C2C[C@H](C)CC[C@H]2C(C)C)C1. The highest BCUT2D eigenvalue weighted by Crippen LogP contribution is 2.37. The van der Waals surface area contributed by atoms with Gasteiger partial charge >= 0.3 is 0 Å². The summed E-state index contributed by atoms with van der Waals surface area (Å²) in [5.41, 5.74) is 0.